The highest BCUT2D eigenvalue weighted by Crippen LogP contribution is 2.34. The van der Waals surface area contributed by atoms with Crippen molar-refractivity contribution in [2.45, 2.75) is 23.8 Å². The normalized spacial score (nSPS) is 18.7. The van der Waals surface area contributed by atoms with Crippen molar-refractivity contribution in [2.24, 2.45) is 5.73 Å². The van der Waals surface area contributed by atoms with E-state index in [2.05, 4.69) is 0 Å². The van der Waals surface area contributed by atoms with Crippen LogP contribution < -0.4 is 10.6 Å². The molecule has 1 saturated heterocycles. The van der Waals surface area contributed by atoms with Gasteiger partial charge in [-0.15, -0.1) is 24.2 Å². The average molecular weight is 342 g/mol. The maximum absolute atomic E-state index is 12.4. The first-order valence-corrected chi connectivity index (χ1v) is 8.19. The topological polar surface area (TPSA) is 66.6 Å². The summed E-state index contributed by atoms with van der Waals surface area (Å²) in [5.74, 6) is 0.410. The summed E-state index contributed by atoms with van der Waals surface area (Å²) in [6, 6.07) is 7.94. The van der Waals surface area contributed by atoms with Crippen molar-refractivity contribution in [1.82, 2.24) is 4.90 Å². The van der Waals surface area contributed by atoms with Crippen molar-refractivity contribution >= 4 is 41.7 Å². The summed E-state index contributed by atoms with van der Waals surface area (Å²) in [6.45, 7) is 1.52. The fourth-order valence-electron chi connectivity index (χ4n) is 2.71. The first-order valence-electron chi connectivity index (χ1n) is 7.20. The Balaban J connectivity index is 0.00000176. The number of amides is 2. The van der Waals surface area contributed by atoms with Crippen LogP contribution in [0.4, 0.5) is 5.69 Å². The average Bonchev–Trinajstić information content (AvgIpc) is 2.51. The number of benzene rings is 1. The van der Waals surface area contributed by atoms with Gasteiger partial charge in [0.25, 0.3) is 0 Å². The summed E-state index contributed by atoms with van der Waals surface area (Å²) in [5, 5.41) is 0. The molecule has 0 radical (unpaired) electrons. The molecule has 1 aromatic carbocycles. The zero-order chi connectivity index (χ0) is 14.8. The van der Waals surface area contributed by atoms with Gasteiger partial charge in [0.1, 0.15) is 6.54 Å². The standard InChI is InChI=1S/C15H19N3O2S.ClH/c16-11-5-7-17(8-6-11)14(19)9-18-12-3-1-2-4-13(12)21-10-15(18)20;/h1-4,11H,5-10,16H2;1H. The predicted octanol–water partition coefficient (Wildman–Crippen LogP) is 1.50. The molecular weight excluding hydrogens is 322 g/mol. The maximum Gasteiger partial charge on any atom is 0.242 e. The number of nitrogens with two attached hydrogens (primary N) is 1. The molecule has 2 aliphatic rings. The van der Waals surface area contributed by atoms with Crippen LogP contribution in [0, 0.1) is 0 Å². The van der Waals surface area contributed by atoms with Gasteiger partial charge < -0.3 is 15.5 Å². The number of piperidine rings is 1. The van der Waals surface area contributed by atoms with Crippen LogP contribution in [-0.4, -0.2) is 48.1 Å². The van der Waals surface area contributed by atoms with E-state index in [4.69, 9.17) is 5.73 Å². The first-order chi connectivity index (χ1) is 10.1. The van der Waals surface area contributed by atoms with Crippen molar-refractivity contribution in [1.29, 1.82) is 0 Å². The van der Waals surface area contributed by atoms with Gasteiger partial charge in [-0.2, -0.15) is 0 Å². The van der Waals surface area contributed by atoms with Gasteiger partial charge in [0.05, 0.1) is 11.4 Å². The lowest BCUT2D eigenvalue weighted by Crippen LogP contribution is -2.48. The lowest BCUT2D eigenvalue weighted by molar-refractivity contribution is -0.132. The molecule has 5 nitrogen and oxygen atoms in total. The Morgan fingerprint density at radius 3 is 2.68 bits per heavy atom. The third-order valence-corrected chi connectivity index (χ3v) is 5.04. The third-order valence-electron chi connectivity index (χ3n) is 3.99. The number of nitrogens with zero attached hydrogens (tertiary/aromatic N) is 2. The lowest BCUT2D eigenvalue weighted by Gasteiger charge is -2.34. The second-order valence-corrected chi connectivity index (χ2v) is 6.47. The van der Waals surface area contributed by atoms with E-state index in [0.29, 0.717) is 18.8 Å². The Hall–Kier alpha value is -1.24. The number of halogens is 1. The molecule has 3 rings (SSSR count). The molecule has 0 saturated carbocycles. The molecule has 0 atom stereocenters. The molecule has 0 unspecified atom stereocenters. The number of para-hydroxylation sites is 1. The van der Waals surface area contributed by atoms with E-state index in [0.717, 1.165) is 23.4 Å². The van der Waals surface area contributed by atoms with Crippen LogP contribution in [0.1, 0.15) is 12.8 Å². The van der Waals surface area contributed by atoms with E-state index >= 15 is 0 Å². The number of hydrogen-bond donors (Lipinski definition) is 1. The maximum atomic E-state index is 12.4. The summed E-state index contributed by atoms with van der Waals surface area (Å²) in [5.41, 5.74) is 6.71. The quantitative estimate of drug-likeness (QED) is 0.885. The fourth-order valence-corrected chi connectivity index (χ4v) is 3.65. The highest BCUT2D eigenvalue weighted by molar-refractivity contribution is 8.00. The van der Waals surface area contributed by atoms with E-state index < -0.39 is 0 Å². The van der Waals surface area contributed by atoms with Crippen LogP contribution in [0.2, 0.25) is 0 Å². The number of carbonyl (C=O) groups is 2. The van der Waals surface area contributed by atoms with Crippen LogP contribution >= 0.6 is 24.2 Å². The zero-order valence-corrected chi connectivity index (χ0v) is 13.9. The molecule has 0 bridgehead atoms. The minimum absolute atomic E-state index is 0. The van der Waals surface area contributed by atoms with Gasteiger partial charge in [0, 0.05) is 24.0 Å². The number of anilines is 1. The SMILES string of the molecule is Cl.NC1CCN(C(=O)CN2C(=O)CSc3ccccc32)CC1. The van der Waals surface area contributed by atoms with E-state index in [1.54, 1.807) is 4.90 Å². The van der Waals surface area contributed by atoms with Crippen LogP contribution in [0.25, 0.3) is 0 Å². The van der Waals surface area contributed by atoms with Gasteiger partial charge in [-0.1, -0.05) is 12.1 Å². The summed E-state index contributed by atoms with van der Waals surface area (Å²) >= 11 is 1.53. The molecule has 2 N–H and O–H groups in total. The Labute approximate surface area is 140 Å². The monoisotopic (exact) mass is 341 g/mol. The number of thioether (sulfide) groups is 1. The molecule has 22 heavy (non-hydrogen) atoms. The second kappa shape index (κ2) is 7.35. The summed E-state index contributed by atoms with van der Waals surface area (Å²) in [7, 11) is 0. The van der Waals surface area contributed by atoms with Crippen molar-refractivity contribution in [3.63, 3.8) is 0 Å². The molecule has 0 aliphatic carbocycles. The van der Waals surface area contributed by atoms with Crippen molar-refractivity contribution < 1.29 is 9.59 Å². The first kappa shape index (κ1) is 17.1. The van der Waals surface area contributed by atoms with Gasteiger partial charge in [-0.25, -0.2) is 0 Å². The molecule has 7 heteroatoms. The van der Waals surface area contributed by atoms with Gasteiger partial charge in [0.2, 0.25) is 11.8 Å². The third kappa shape index (κ3) is 3.56. The lowest BCUT2D eigenvalue weighted by atomic mass is 10.1. The van der Waals surface area contributed by atoms with Gasteiger partial charge in [-0.05, 0) is 25.0 Å². The van der Waals surface area contributed by atoms with Crippen molar-refractivity contribution in [3.05, 3.63) is 24.3 Å². The highest BCUT2D eigenvalue weighted by Gasteiger charge is 2.29. The van der Waals surface area contributed by atoms with E-state index in [1.165, 1.54) is 11.8 Å². The largest absolute Gasteiger partial charge is 0.341 e. The smallest absolute Gasteiger partial charge is 0.242 e. The highest BCUT2D eigenvalue weighted by atomic mass is 35.5. The molecule has 0 spiro atoms. The van der Waals surface area contributed by atoms with E-state index in [-0.39, 0.29) is 36.8 Å². The Morgan fingerprint density at radius 1 is 1.27 bits per heavy atom. The van der Waals surface area contributed by atoms with Gasteiger partial charge >= 0.3 is 0 Å². The Morgan fingerprint density at radius 2 is 1.95 bits per heavy atom. The Kier molecular flexibility index (Phi) is 5.72. The molecule has 2 amide bonds. The van der Waals surface area contributed by atoms with Crippen molar-refractivity contribution in [3.8, 4) is 0 Å². The number of rotatable bonds is 2. The number of carbonyl (C=O) groups excluding carboxylic acids is 2. The molecule has 1 fully saturated rings. The molecule has 2 aliphatic heterocycles. The van der Waals surface area contributed by atoms with Gasteiger partial charge in [0.15, 0.2) is 0 Å². The number of fused-ring (bicyclic) bond motifs is 1. The van der Waals surface area contributed by atoms with E-state index in [9.17, 15) is 9.59 Å². The van der Waals surface area contributed by atoms with Gasteiger partial charge in [-0.3, -0.25) is 9.59 Å². The van der Waals surface area contributed by atoms with Crippen LogP contribution in [0.5, 0.6) is 0 Å². The van der Waals surface area contributed by atoms with Crippen molar-refractivity contribution in [2.75, 3.05) is 30.3 Å². The van der Waals surface area contributed by atoms with Crippen LogP contribution in [-0.2, 0) is 9.59 Å². The summed E-state index contributed by atoms with van der Waals surface area (Å²) < 4.78 is 0. The molecule has 1 aromatic rings. The second-order valence-electron chi connectivity index (χ2n) is 5.45. The fraction of sp³-hybridized carbons (Fsp3) is 0.467. The predicted molar refractivity (Wildman–Crippen MR) is 90.6 cm³/mol. The minimum Gasteiger partial charge on any atom is -0.341 e. The number of hydrogen-bond acceptors (Lipinski definition) is 4. The molecule has 2 heterocycles. The van der Waals surface area contributed by atoms with Crippen LogP contribution in [0.3, 0.4) is 0 Å². The Bertz CT molecular complexity index is 561. The summed E-state index contributed by atoms with van der Waals surface area (Å²) in [6.07, 6.45) is 1.68. The molecule has 120 valence electrons. The number of likely N-dealkylation sites (tertiary alicyclic amines) is 1. The zero-order valence-electron chi connectivity index (χ0n) is 12.2. The van der Waals surface area contributed by atoms with E-state index in [1.807, 2.05) is 29.2 Å². The van der Waals surface area contributed by atoms with Crippen LogP contribution in [0.15, 0.2) is 29.2 Å². The molecule has 0 aromatic heterocycles. The summed E-state index contributed by atoms with van der Waals surface area (Å²) in [4.78, 5) is 29.0. The molecular formula is C15H20ClN3O2S. The minimum atomic E-state index is 0.